The summed E-state index contributed by atoms with van der Waals surface area (Å²) in [6.07, 6.45) is 6.85. The third-order valence-corrected chi connectivity index (χ3v) is 4.88. The smallest absolute Gasteiger partial charge is 0.220 e. The number of carbonyl (C=O) groups excluding carboxylic acids is 1. The Morgan fingerprint density at radius 1 is 1.17 bits per heavy atom. The largest absolute Gasteiger partial charge is 0.384 e. The molecule has 0 aromatic rings. The first kappa shape index (κ1) is 21.5. The minimum absolute atomic E-state index is 0. The molecule has 0 aromatic carbocycles. The van der Waals surface area contributed by atoms with E-state index in [1.807, 2.05) is 7.05 Å². The molecular formula is C17H33IN4O2. The van der Waals surface area contributed by atoms with Gasteiger partial charge in [-0.3, -0.25) is 9.79 Å². The molecule has 1 atom stereocenters. The van der Waals surface area contributed by atoms with Gasteiger partial charge in [0.05, 0.1) is 6.61 Å². The monoisotopic (exact) mass is 452 g/mol. The van der Waals surface area contributed by atoms with E-state index in [0.717, 1.165) is 32.1 Å². The van der Waals surface area contributed by atoms with Gasteiger partial charge in [0.2, 0.25) is 5.91 Å². The SMILES string of the molecule is CN=C(NCCNC(=O)CC1CCCC1)N1CCC(COC)C1.I. The molecule has 7 heteroatoms. The van der Waals surface area contributed by atoms with E-state index >= 15 is 0 Å². The van der Waals surface area contributed by atoms with Crippen molar-refractivity contribution in [2.24, 2.45) is 16.8 Å². The van der Waals surface area contributed by atoms with Gasteiger partial charge in [-0.05, 0) is 25.2 Å². The lowest BCUT2D eigenvalue weighted by Gasteiger charge is -2.21. The number of amides is 1. The van der Waals surface area contributed by atoms with E-state index in [9.17, 15) is 4.79 Å². The lowest BCUT2D eigenvalue weighted by atomic mass is 10.0. The molecule has 6 nitrogen and oxygen atoms in total. The fourth-order valence-corrected chi connectivity index (χ4v) is 3.65. The Morgan fingerprint density at radius 2 is 1.88 bits per heavy atom. The van der Waals surface area contributed by atoms with Gasteiger partial charge in [-0.25, -0.2) is 0 Å². The highest BCUT2D eigenvalue weighted by atomic mass is 127. The Hall–Kier alpha value is -0.570. The number of methoxy groups -OCH3 is 1. The van der Waals surface area contributed by atoms with E-state index in [0.29, 0.717) is 31.3 Å². The van der Waals surface area contributed by atoms with E-state index < -0.39 is 0 Å². The zero-order valence-corrected chi connectivity index (χ0v) is 17.4. The van der Waals surface area contributed by atoms with Gasteiger partial charge in [0.15, 0.2) is 5.96 Å². The first-order valence-electron chi connectivity index (χ1n) is 8.94. The van der Waals surface area contributed by atoms with Crippen LogP contribution in [0, 0.1) is 11.8 Å². The number of hydrogen-bond acceptors (Lipinski definition) is 3. The Balaban J connectivity index is 0.00000288. The summed E-state index contributed by atoms with van der Waals surface area (Å²) in [4.78, 5) is 18.5. The summed E-state index contributed by atoms with van der Waals surface area (Å²) in [5.41, 5.74) is 0. The number of nitrogens with zero attached hydrogens (tertiary/aromatic N) is 2. The molecule has 0 bridgehead atoms. The second-order valence-electron chi connectivity index (χ2n) is 6.73. The van der Waals surface area contributed by atoms with E-state index in [-0.39, 0.29) is 29.9 Å². The van der Waals surface area contributed by atoms with Gasteiger partial charge in [-0.2, -0.15) is 0 Å². The number of hydrogen-bond donors (Lipinski definition) is 2. The zero-order chi connectivity index (χ0) is 16.5. The van der Waals surface area contributed by atoms with Crippen molar-refractivity contribution in [3.63, 3.8) is 0 Å². The van der Waals surface area contributed by atoms with Crippen molar-refractivity contribution in [3.8, 4) is 0 Å². The number of halogens is 1. The Labute approximate surface area is 163 Å². The second kappa shape index (κ2) is 11.9. The van der Waals surface area contributed by atoms with Crippen LogP contribution in [0.25, 0.3) is 0 Å². The number of guanidine groups is 1. The van der Waals surface area contributed by atoms with Crippen molar-refractivity contribution in [1.29, 1.82) is 0 Å². The fourth-order valence-electron chi connectivity index (χ4n) is 3.65. The van der Waals surface area contributed by atoms with E-state index in [4.69, 9.17) is 4.74 Å². The van der Waals surface area contributed by atoms with Crippen LogP contribution >= 0.6 is 24.0 Å². The van der Waals surface area contributed by atoms with Crippen molar-refractivity contribution in [1.82, 2.24) is 15.5 Å². The summed E-state index contributed by atoms with van der Waals surface area (Å²) < 4.78 is 5.23. The Kier molecular flexibility index (Phi) is 10.6. The average molecular weight is 452 g/mol. The summed E-state index contributed by atoms with van der Waals surface area (Å²) in [6, 6.07) is 0. The summed E-state index contributed by atoms with van der Waals surface area (Å²) >= 11 is 0. The van der Waals surface area contributed by atoms with Crippen LogP contribution in [-0.4, -0.2) is 63.7 Å². The van der Waals surface area contributed by atoms with Crippen LogP contribution in [0.15, 0.2) is 4.99 Å². The minimum atomic E-state index is 0. The van der Waals surface area contributed by atoms with Gasteiger partial charge in [0, 0.05) is 52.7 Å². The molecule has 24 heavy (non-hydrogen) atoms. The molecule has 1 amide bonds. The quantitative estimate of drug-likeness (QED) is 0.268. The van der Waals surface area contributed by atoms with Crippen LogP contribution in [0.3, 0.4) is 0 Å². The molecule has 1 heterocycles. The van der Waals surface area contributed by atoms with E-state index in [1.165, 1.54) is 25.7 Å². The van der Waals surface area contributed by atoms with Crippen molar-refractivity contribution < 1.29 is 9.53 Å². The molecule has 2 aliphatic rings. The van der Waals surface area contributed by atoms with Crippen molar-refractivity contribution in [3.05, 3.63) is 0 Å². The van der Waals surface area contributed by atoms with Gasteiger partial charge in [-0.1, -0.05) is 12.8 Å². The van der Waals surface area contributed by atoms with Gasteiger partial charge in [0.1, 0.15) is 0 Å². The van der Waals surface area contributed by atoms with Crippen molar-refractivity contribution in [2.75, 3.05) is 46.9 Å². The van der Waals surface area contributed by atoms with Gasteiger partial charge >= 0.3 is 0 Å². The van der Waals surface area contributed by atoms with Crippen molar-refractivity contribution in [2.45, 2.75) is 38.5 Å². The zero-order valence-electron chi connectivity index (χ0n) is 15.1. The van der Waals surface area contributed by atoms with Gasteiger partial charge in [-0.15, -0.1) is 24.0 Å². The number of rotatable bonds is 7. The van der Waals surface area contributed by atoms with Crippen LogP contribution < -0.4 is 10.6 Å². The highest BCUT2D eigenvalue weighted by Crippen LogP contribution is 2.27. The Bertz CT molecular complexity index is 400. The number of likely N-dealkylation sites (tertiary alicyclic amines) is 1. The third-order valence-electron chi connectivity index (χ3n) is 4.88. The van der Waals surface area contributed by atoms with Crippen LogP contribution in [0.5, 0.6) is 0 Å². The van der Waals surface area contributed by atoms with Crippen LogP contribution in [0.1, 0.15) is 38.5 Å². The maximum atomic E-state index is 11.9. The molecule has 2 fully saturated rings. The molecule has 0 spiro atoms. The molecule has 140 valence electrons. The van der Waals surface area contributed by atoms with Gasteiger partial charge in [0.25, 0.3) is 0 Å². The standard InChI is InChI=1S/C17H32N4O2.HI/c1-18-17(21-10-7-15(12-21)13-23-2)20-9-8-19-16(22)11-14-5-3-4-6-14;/h14-15H,3-13H2,1-2H3,(H,18,20)(H,19,22);1H. The molecule has 1 saturated heterocycles. The van der Waals surface area contributed by atoms with Crippen LogP contribution in [0.4, 0.5) is 0 Å². The number of nitrogens with one attached hydrogen (secondary N) is 2. The maximum Gasteiger partial charge on any atom is 0.220 e. The number of carbonyl (C=O) groups is 1. The lowest BCUT2D eigenvalue weighted by molar-refractivity contribution is -0.121. The predicted molar refractivity (Wildman–Crippen MR) is 108 cm³/mol. The molecule has 2 N–H and O–H groups in total. The number of ether oxygens (including phenoxy) is 1. The molecule has 1 saturated carbocycles. The third kappa shape index (κ3) is 7.13. The van der Waals surface area contributed by atoms with Crippen molar-refractivity contribution >= 4 is 35.8 Å². The van der Waals surface area contributed by atoms with E-state index in [2.05, 4.69) is 20.5 Å². The maximum absolute atomic E-state index is 11.9. The molecule has 2 rings (SSSR count). The fraction of sp³-hybridized carbons (Fsp3) is 0.882. The first-order valence-corrected chi connectivity index (χ1v) is 8.94. The molecule has 1 aliphatic heterocycles. The highest BCUT2D eigenvalue weighted by Gasteiger charge is 2.24. The minimum Gasteiger partial charge on any atom is -0.384 e. The molecule has 1 aliphatic carbocycles. The van der Waals surface area contributed by atoms with Crippen LogP contribution in [0.2, 0.25) is 0 Å². The molecule has 1 unspecified atom stereocenters. The summed E-state index contributed by atoms with van der Waals surface area (Å²) in [5.74, 6) is 2.31. The van der Waals surface area contributed by atoms with Crippen LogP contribution in [-0.2, 0) is 9.53 Å². The summed E-state index contributed by atoms with van der Waals surface area (Å²) in [6.45, 7) is 4.18. The summed E-state index contributed by atoms with van der Waals surface area (Å²) in [5, 5.41) is 6.36. The number of aliphatic imine (C=N–C) groups is 1. The molecular weight excluding hydrogens is 419 g/mol. The Morgan fingerprint density at radius 3 is 2.54 bits per heavy atom. The second-order valence-corrected chi connectivity index (χ2v) is 6.73. The molecule has 0 aromatic heterocycles. The average Bonchev–Trinajstić information content (AvgIpc) is 3.20. The lowest BCUT2D eigenvalue weighted by Crippen LogP contribution is -2.43. The highest BCUT2D eigenvalue weighted by molar-refractivity contribution is 14.0. The molecule has 0 radical (unpaired) electrons. The normalized spacial score (nSPS) is 21.7. The predicted octanol–water partition coefficient (Wildman–Crippen LogP) is 1.84. The topological polar surface area (TPSA) is 66.0 Å². The van der Waals surface area contributed by atoms with Gasteiger partial charge < -0.3 is 20.3 Å². The first-order chi connectivity index (χ1) is 11.2. The summed E-state index contributed by atoms with van der Waals surface area (Å²) in [7, 11) is 3.56. The van der Waals surface area contributed by atoms with E-state index in [1.54, 1.807) is 7.11 Å².